The monoisotopic (exact) mass is 346 g/mol. The molecule has 1 aromatic carbocycles. The summed E-state index contributed by atoms with van der Waals surface area (Å²) in [6.45, 7) is 2.82. The molecule has 1 aliphatic heterocycles. The van der Waals surface area contributed by atoms with Crippen molar-refractivity contribution in [2.45, 2.75) is 25.2 Å². The first-order chi connectivity index (χ1) is 12.8. The number of hydrogen-bond acceptors (Lipinski definition) is 4. The fourth-order valence-corrected chi connectivity index (χ4v) is 4.10. The van der Waals surface area contributed by atoms with Crippen molar-refractivity contribution in [3.8, 4) is 6.07 Å². The first-order valence-corrected chi connectivity index (χ1v) is 9.22. The van der Waals surface area contributed by atoms with E-state index in [2.05, 4.69) is 40.2 Å². The van der Waals surface area contributed by atoms with Crippen LogP contribution in [-0.4, -0.2) is 42.0 Å². The van der Waals surface area contributed by atoms with E-state index in [1.807, 2.05) is 4.90 Å². The molecule has 5 nitrogen and oxygen atoms in total. The summed E-state index contributed by atoms with van der Waals surface area (Å²) in [5.74, 6) is 1.33. The third-order valence-electron chi connectivity index (χ3n) is 5.52. The quantitative estimate of drug-likeness (QED) is 0.857. The van der Waals surface area contributed by atoms with E-state index in [4.69, 9.17) is 0 Å². The van der Waals surface area contributed by atoms with Gasteiger partial charge in [-0.1, -0.05) is 24.3 Å². The first kappa shape index (κ1) is 16.6. The van der Waals surface area contributed by atoms with Gasteiger partial charge in [0.1, 0.15) is 11.9 Å². The molecule has 1 aromatic heterocycles. The lowest BCUT2D eigenvalue weighted by Crippen LogP contribution is -2.49. The molecule has 4 rings (SSSR count). The highest BCUT2D eigenvalue weighted by Crippen LogP contribution is 2.35. The molecule has 5 heteroatoms. The largest absolute Gasteiger partial charge is 0.352 e. The Labute approximate surface area is 153 Å². The summed E-state index contributed by atoms with van der Waals surface area (Å²) >= 11 is 0. The fourth-order valence-electron chi connectivity index (χ4n) is 4.10. The average molecular weight is 346 g/mol. The number of fused-ring (bicyclic) bond motifs is 1. The molecule has 1 atom stereocenters. The maximum absolute atomic E-state index is 12.8. The molecular weight excluding hydrogens is 324 g/mol. The molecule has 2 aliphatic rings. The van der Waals surface area contributed by atoms with Crippen molar-refractivity contribution in [1.82, 2.24) is 9.88 Å². The standard InChI is InChI=1S/C21H22N4O/c22-15-18-5-3-9-23-21(18)25-12-10-24(11-13-25)20(26)14-17-8-7-16-4-1-2-6-19(16)17/h1-6,9,17H,7-8,10-14H2. The highest BCUT2D eigenvalue weighted by Gasteiger charge is 2.28. The zero-order chi connectivity index (χ0) is 17.9. The van der Waals surface area contributed by atoms with Gasteiger partial charge in [0.05, 0.1) is 5.56 Å². The molecule has 0 radical (unpaired) electrons. The lowest BCUT2D eigenvalue weighted by atomic mass is 9.97. The van der Waals surface area contributed by atoms with E-state index < -0.39 is 0 Å². The summed E-state index contributed by atoms with van der Waals surface area (Å²) in [7, 11) is 0. The number of anilines is 1. The predicted octanol–water partition coefficient (Wildman–Crippen LogP) is 2.72. The van der Waals surface area contributed by atoms with Gasteiger partial charge in [-0.15, -0.1) is 0 Å². The van der Waals surface area contributed by atoms with E-state index in [0.717, 1.165) is 31.7 Å². The Morgan fingerprint density at radius 3 is 2.77 bits per heavy atom. The van der Waals surface area contributed by atoms with Crippen LogP contribution in [0.2, 0.25) is 0 Å². The number of aromatic nitrogens is 1. The minimum atomic E-state index is 0.243. The molecular formula is C21H22N4O. The van der Waals surface area contributed by atoms with Gasteiger partial charge in [-0.3, -0.25) is 4.79 Å². The molecule has 1 unspecified atom stereocenters. The molecule has 2 aromatic rings. The summed E-state index contributed by atoms with van der Waals surface area (Å²) in [5.41, 5.74) is 3.34. The van der Waals surface area contributed by atoms with Crippen molar-refractivity contribution in [2.24, 2.45) is 0 Å². The maximum Gasteiger partial charge on any atom is 0.223 e. The van der Waals surface area contributed by atoms with Crippen molar-refractivity contribution < 1.29 is 4.79 Å². The molecule has 0 bridgehead atoms. The Kier molecular flexibility index (Phi) is 4.57. The van der Waals surface area contributed by atoms with Crippen LogP contribution in [0.5, 0.6) is 0 Å². The van der Waals surface area contributed by atoms with E-state index in [9.17, 15) is 10.1 Å². The van der Waals surface area contributed by atoms with Gasteiger partial charge in [0, 0.05) is 38.8 Å². The summed E-state index contributed by atoms with van der Waals surface area (Å²) in [6, 6.07) is 14.3. The van der Waals surface area contributed by atoms with Crippen LogP contribution in [0.4, 0.5) is 5.82 Å². The average Bonchev–Trinajstić information content (AvgIpc) is 3.11. The van der Waals surface area contributed by atoms with Gasteiger partial charge >= 0.3 is 0 Å². The van der Waals surface area contributed by atoms with Crippen LogP contribution in [0.25, 0.3) is 0 Å². The van der Waals surface area contributed by atoms with Crippen LogP contribution in [0, 0.1) is 11.3 Å². The minimum absolute atomic E-state index is 0.243. The van der Waals surface area contributed by atoms with Crippen LogP contribution in [0.3, 0.4) is 0 Å². The minimum Gasteiger partial charge on any atom is -0.352 e. The number of benzene rings is 1. The SMILES string of the molecule is N#Cc1cccnc1N1CCN(C(=O)CC2CCc3ccccc32)CC1. The second kappa shape index (κ2) is 7.17. The normalized spacial score (nSPS) is 19.1. The lowest BCUT2D eigenvalue weighted by molar-refractivity contribution is -0.131. The third-order valence-corrected chi connectivity index (χ3v) is 5.52. The second-order valence-corrected chi connectivity index (χ2v) is 6.99. The van der Waals surface area contributed by atoms with Crippen LogP contribution < -0.4 is 4.90 Å². The van der Waals surface area contributed by atoms with Crippen molar-refractivity contribution >= 4 is 11.7 Å². The van der Waals surface area contributed by atoms with Gasteiger partial charge in [-0.25, -0.2) is 4.98 Å². The molecule has 1 amide bonds. The molecule has 0 saturated carbocycles. The van der Waals surface area contributed by atoms with E-state index >= 15 is 0 Å². The van der Waals surface area contributed by atoms with Crippen LogP contribution in [0.1, 0.15) is 35.4 Å². The van der Waals surface area contributed by atoms with E-state index in [-0.39, 0.29) is 5.91 Å². The number of nitrogens with zero attached hydrogens (tertiary/aromatic N) is 4. The summed E-state index contributed by atoms with van der Waals surface area (Å²) in [6.07, 6.45) is 4.47. The first-order valence-electron chi connectivity index (χ1n) is 9.22. The fraction of sp³-hybridized carbons (Fsp3) is 0.381. The van der Waals surface area contributed by atoms with Crippen molar-refractivity contribution in [3.63, 3.8) is 0 Å². The molecule has 0 spiro atoms. The van der Waals surface area contributed by atoms with E-state index in [0.29, 0.717) is 31.0 Å². The Morgan fingerprint density at radius 1 is 1.15 bits per heavy atom. The van der Waals surface area contributed by atoms with Crippen LogP contribution in [-0.2, 0) is 11.2 Å². The van der Waals surface area contributed by atoms with E-state index in [1.165, 1.54) is 11.1 Å². The number of carbonyl (C=O) groups is 1. The summed E-state index contributed by atoms with van der Waals surface area (Å²) in [5, 5.41) is 9.25. The number of pyridine rings is 1. The smallest absolute Gasteiger partial charge is 0.223 e. The molecule has 132 valence electrons. The van der Waals surface area contributed by atoms with Crippen molar-refractivity contribution in [1.29, 1.82) is 5.26 Å². The van der Waals surface area contributed by atoms with Gasteiger partial charge in [-0.2, -0.15) is 5.26 Å². The van der Waals surface area contributed by atoms with Crippen LogP contribution >= 0.6 is 0 Å². The zero-order valence-corrected chi connectivity index (χ0v) is 14.8. The summed E-state index contributed by atoms with van der Waals surface area (Å²) in [4.78, 5) is 21.2. The number of nitriles is 1. The van der Waals surface area contributed by atoms with E-state index in [1.54, 1.807) is 18.3 Å². The Balaban J connectivity index is 1.37. The Bertz CT molecular complexity index is 849. The Morgan fingerprint density at radius 2 is 1.96 bits per heavy atom. The van der Waals surface area contributed by atoms with Gasteiger partial charge in [-0.05, 0) is 42.0 Å². The van der Waals surface area contributed by atoms with Gasteiger partial charge in [0.2, 0.25) is 5.91 Å². The van der Waals surface area contributed by atoms with Gasteiger partial charge < -0.3 is 9.80 Å². The van der Waals surface area contributed by atoms with Crippen LogP contribution in [0.15, 0.2) is 42.6 Å². The number of rotatable bonds is 3. The number of amides is 1. The number of piperazine rings is 1. The molecule has 1 fully saturated rings. The van der Waals surface area contributed by atoms with Gasteiger partial charge in [0.25, 0.3) is 0 Å². The Hall–Kier alpha value is -2.87. The second-order valence-electron chi connectivity index (χ2n) is 6.99. The molecule has 1 saturated heterocycles. The topological polar surface area (TPSA) is 60.2 Å². The highest BCUT2D eigenvalue weighted by molar-refractivity contribution is 5.77. The number of aryl methyl sites for hydroxylation is 1. The number of carbonyl (C=O) groups excluding carboxylic acids is 1. The van der Waals surface area contributed by atoms with Crippen molar-refractivity contribution in [2.75, 3.05) is 31.1 Å². The van der Waals surface area contributed by atoms with Gasteiger partial charge in [0.15, 0.2) is 0 Å². The highest BCUT2D eigenvalue weighted by atomic mass is 16.2. The molecule has 1 aliphatic carbocycles. The predicted molar refractivity (Wildman–Crippen MR) is 99.9 cm³/mol. The third kappa shape index (κ3) is 3.15. The van der Waals surface area contributed by atoms with Crippen molar-refractivity contribution in [3.05, 3.63) is 59.3 Å². The zero-order valence-electron chi connectivity index (χ0n) is 14.8. The maximum atomic E-state index is 12.8. The molecule has 2 heterocycles. The lowest BCUT2D eigenvalue weighted by Gasteiger charge is -2.36. The number of hydrogen-bond donors (Lipinski definition) is 0. The summed E-state index contributed by atoms with van der Waals surface area (Å²) < 4.78 is 0. The molecule has 0 N–H and O–H groups in total. The molecule has 26 heavy (non-hydrogen) atoms.